The molecule has 0 saturated carbocycles. The van der Waals surface area contributed by atoms with Crippen molar-refractivity contribution in [2.45, 2.75) is 64.8 Å². The van der Waals surface area contributed by atoms with E-state index in [0.29, 0.717) is 24.9 Å². The average Bonchev–Trinajstić information content (AvgIpc) is 3.58. The van der Waals surface area contributed by atoms with Crippen LogP contribution in [0.15, 0.2) is 30.3 Å². The molecule has 2 heterocycles. The largest absolute Gasteiger partial charge is 0.480 e. The fourth-order valence-electron chi connectivity index (χ4n) is 5.56. The Balaban J connectivity index is 1.70. The standard InChI is InChI=1S/C30H41N5O9/c1-18(2)24(25(39)27(41)44-17-20-9-6-5-7-10-20)35-12-8-11-21(35)26(40)32-28(42)30(31,19(3)4)22(36)15-33-13-14-34(29(33)43)16-23(37)38/h5-7,9-10,18-19,21,24H,8,11-17,31H2,1-4H3,(H,37,38)(H,32,40,42)/t21-,24-,30+/m0/s1. The van der Waals surface area contributed by atoms with Gasteiger partial charge in [-0.3, -0.25) is 34.2 Å². The Bertz CT molecular complexity index is 1280. The lowest BCUT2D eigenvalue weighted by Crippen LogP contribution is -2.67. The topological polar surface area (TPSA) is 197 Å². The number of carboxylic acid groups (broad SMARTS) is 1. The Morgan fingerprint density at radius 1 is 1.00 bits per heavy atom. The predicted molar refractivity (Wildman–Crippen MR) is 156 cm³/mol. The van der Waals surface area contributed by atoms with Crippen molar-refractivity contribution in [3.63, 3.8) is 0 Å². The van der Waals surface area contributed by atoms with Crippen LogP contribution >= 0.6 is 0 Å². The third-order valence-electron chi connectivity index (χ3n) is 8.09. The van der Waals surface area contributed by atoms with E-state index in [-0.39, 0.29) is 25.6 Å². The fourth-order valence-corrected chi connectivity index (χ4v) is 5.56. The molecule has 0 spiro atoms. The molecule has 240 valence electrons. The van der Waals surface area contributed by atoms with Gasteiger partial charge in [0.2, 0.25) is 5.91 Å². The number of carboxylic acids is 1. The first kappa shape index (κ1) is 34.3. The Hall–Kier alpha value is -4.17. The summed E-state index contributed by atoms with van der Waals surface area (Å²) in [6.45, 7) is 5.86. The highest BCUT2D eigenvalue weighted by Gasteiger charge is 2.49. The monoisotopic (exact) mass is 615 g/mol. The molecule has 0 unspecified atom stereocenters. The summed E-state index contributed by atoms with van der Waals surface area (Å²) in [5.74, 6) is -6.83. The number of amides is 4. The Kier molecular flexibility index (Phi) is 11.3. The zero-order valence-electron chi connectivity index (χ0n) is 25.5. The van der Waals surface area contributed by atoms with Gasteiger partial charge < -0.3 is 25.4 Å². The maximum atomic E-state index is 13.4. The molecular formula is C30H41N5O9. The van der Waals surface area contributed by atoms with Crippen LogP contribution in [0.25, 0.3) is 0 Å². The Labute approximate surface area is 255 Å². The van der Waals surface area contributed by atoms with Crippen LogP contribution in [0.3, 0.4) is 0 Å². The number of imide groups is 1. The summed E-state index contributed by atoms with van der Waals surface area (Å²) >= 11 is 0. The Morgan fingerprint density at radius 3 is 2.18 bits per heavy atom. The van der Waals surface area contributed by atoms with Crippen molar-refractivity contribution in [3.05, 3.63) is 35.9 Å². The lowest BCUT2D eigenvalue weighted by molar-refractivity contribution is -0.158. The minimum Gasteiger partial charge on any atom is -0.480 e. The highest BCUT2D eigenvalue weighted by molar-refractivity contribution is 6.35. The van der Waals surface area contributed by atoms with Gasteiger partial charge in [0, 0.05) is 13.1 Å². The summed E-state index contributed by atoms with van der Waals surface area (Å²) in [6, 6.07) is 6.27. The van der Waals surface area contributed by atoms with E-state index >= 15 is 0 Å². The van der Waals surface area contributed by atoms with E-state index in [0.717, 1.165) is 9.80 Å². The number of aliphatic carboxylic acids is 1. The molecule has 2 aliphatic rings. The number of Topliss-reactive ketones (excluding diaryl/α,β-unsaturated/α-hetero) is 2. The lowest BCUT2D eigenvalue weighted by atomic mass is 9.82. The first-order chi connectivity index (χ1) is 20.7. The van der Waals surface area contributed by atoms with Gasteiger partial charge in [-0.1, -0.05) is 58.0 Å². The third-order valence-corrected chi connectivity index (χ3v) is 8.09. The second-order valence-electron chi connectivity index (χ2n) is 11.8. The number of carbonyl (C=O) groups is 7. The molecule has 2 aliphatic heterocycles. The zero-order valence-corrected chi connectivity index (χ0v) is 25.5. The quantitative estimate of drug-likeness (QED) is 0.147. The summed E-state index contributed by atoms with van der Waals surface area (Å²) < 4.78 is 5.24. The molecule has 14 nitrogen and oxygen atoms in total. The van der Waals surface area contributed by atoms with E-state index < -0.39 is 78.0 Å². The smallest absolute Gasteiger partial charge is 0.376 e. The van der Waals surface area contributed by atoms with E-state index in [1.807, 2.05) is 6.07 Å². The van der Waals surface area contributed by atoms with Crippen molar-refractivity contribution >= 4 is 41.4 Å². The highest BCUT2D eigenvalue weighted by atomic mass is 16.5. The minimum absolute atomic E-state index is 0.0714. The van der Waals surface area contributed by atoms with Crippen molar-refractivity contribution < 1.29 is 43.4 Å². The number of ketones is 2. The van der Waals surface area contributed by atoms with Gasteiger partial charge in [0.1, 0.15) is 13.2 Å². The number of esters is 1. The van der Waals surface area contributed by atoms with Gasteiger partial charge in [0.15, 0.2) is 11.3 Å². The first-order valence-corrected chi connectivity index (χ1v) is 14.6. The number of nitrogens with one attached hydrogen (secondary N) is 1. The fraction of sp³-hybridized carbons (Fsp3) is 0.567. The lowest BCUT2D eigenvalue weighted by Gasteiger charge is -2.35. The average molecular weight is 616 g/mol. The van der Waals surface area contributed by atoms with E-state index in [1.54, 1.807) is 43.0 Å². The van der Waals surface area contributed by atoms with E-state index in [4.69, 9.17) is 15.6 Å². The highest BCUT2D eigenvalue weighted by Crippen LogP contribution is 2.26. The van der Waals surface area contributed by atoms with Crippen LogP contribution in [-0.4, -0.2) is 112 Å². The van der Waals surface area contributed by atoms with Crippen LogP contribution in [0.2, 0.25) is 0 Å². The molecule has 44 heavy (non-hydrogen) atoms. The number of likely N-dealkylation sites (tertiary alicyclic amines) is 1. The van der Waals surface area contributed by atoms with Crippen molar-refractivity contribution in [1.29, 1.82) is 0 Å². The van der Waals surface area contributed by atoms with Gasteiger partial charge in [0.05, 0.1) is 18.6 Å². The second kappa shape index (κ2) is 14.5. The van der Waals surface area contributed by atoms with Crippen LogP contribution in [0.4, 0.5) is 4.79 Å². The predicted octanol–water partition coefficient (Wildman–Crippen LogP) is 0.176. The number of hydrogen-bond acceptors (Lipinski definition) is 10. The second-order valence-corrected chi connectivity index (χ2v) is 11.8. The first-order valence-electron chi connectivity index (χ1n) is 14.6. The number of carbonyl (C=O) groups excluding carboxylic acids is 6. The zero-order chi connectivity index (χ0) is 32.8. The molecule has 4 amide bonds. The van der Waals surface area contributed by atoms with E-state index in [2.05, 4.69) is 5.32 Å². The van der Waals surface area contributed by atoms with Crippen LogP contribution in [0.1, 0.15) is 46.1 Å². The van der Waals surface area contributed by atoms with Crippen molar-refractivity contribution in [3.8, 4) is 0 Å². The summed E-state index contributed by atoms with van der Waals surface area (Å²) in [5, 5.41) is 11.2. The molecule has 3 atom stereocenters. The molecule has 0 aromatic heterocycles. The summed E-state index contributed by atoms with van der Waals surface area (Å²) in [7, 11) is 0. The normalized spacial score (nSPS) is 19.2. The van der Waals surface area contributed by atoms with Crippen LogP contribution < -0.4 is 11.1 Å². The molecule has 1 aromatic carbocycles. The van der Waals surface area contributed by atoms with Crippen LogP contribution in [-0.2, 0) is 40.1 Å². The summed E-state index contributed by atoms with van der Waals surface area (Å²) in [6.07, 6.45) is 0.812. The molecule has 2 fully saturated rings. The molecule has 4 N–H and O–H groups in total. The van der Waals surface area contributed by atoms with Crippen molar-refractivity contribution in [1.82, 2.24) is 20.0 Å². The molecule has 2 saturated heterocycles. The maximum Gasteiger partial charge on any atom is 0.376 e. The third kappa shape index (κ3) is 7.66. The van der Waals surface area contributed by atoms with Gasteiger partial charge >= 0.3 is 18.0 Å². The van der Waals surface area contributed by atoms with Crippen LogP contribution in [0.5, 0.6) is 0 Å². The van der Waals surface area contributed by atoms with Gasteiger partial charge in [-0.2, -0.15) is 0 Å². The van der Waals surface area contributed by atoms with Gasteiger partial charge in [-0.25, -0.2) is 9.59 Å². The van der Waals surface area contributed by atoms with Crippen LogP contribution in [0, 0.1) is 11.8 Å². The summed E-state index contributed by atoms with van der Waals surface area (Å²) in [4.78, 5) is 93.5. The van der Waals surface area contributed by atoms with Gasteiger partial charge in [-0.15, -0.1) is 0 Å². The van der Waals surface area contributed by atoms with Crippen molar-refractivity contribution in [2.75, 3.05) is 32.7 Å². The number of ether oxygens (including phenoxy) is 1. The number of benzene rings is 1. The van der Waals surface area contributed by atoms with E-state index in [1.165, 1.54) is 13.8 Å². The molecule has 14 heteroatoms. The van der Waals surface area contributed by atoms with Crippen molar-refractivity contribution in [2.24, 2.45) is 17.6 Å². The number of nitrogens with zero attached hydrogens (tertiary/aromatic N) is 3. The molecule has 0 aliphatic carbocycles. The Morgan fingerprint density at radius 2 is 1.61 bits per heavy atom. The summed E-state index contributed by atoms with van der Waals surface area (Å²) in [5.41, 5.74) is 4.86. The molecule has 1 aromatic rings. The maximum absolute atomic E-state index is 13.4. The molecular weight excluding hydrogens is 574 g/mol. The van der Waals surface area contributed by atoms with Gasteiger partial charge in [0.25, 0.3) is 11.7 Å². The SMILES string of the molecule is CC(C)[C@@H](C(=O)C(=O)OCc1ccccc1)N1CCC[C@H]1C(=O)NC(=O)[C@](N)(C(=O)CN1CCN(CC(=O)O)C1=O)C(C)C. The minimum atomic E-state index is -2.19. The van der Waals surface area contributed by atoms with Gasteiger partial charge in [-0.05, 0) is 36.8 Å². The number of nitrogens with two attached hydrogens (primary N) is 1. The molecule has 3 rings (SSSR count). The number of hydrogen-bond donors (Lipinski definition) is 3. The number of urea groups is 1. The molecule has 0 radical (unpaired) electrons. The van der Waals surface area contributed by atoms with E-state index in [9.17, 15) is 33.6 Å². The molecule has 0 bridgehead atoms. The number of rotatable bonds is 14.